The van der Waals surface area contributed by atoms with Crippen LogP contribution in [0.5, 0.6) is 0 Å². The molecular weight excluding hydrogens is 589 g/mol. The zero-order valence-corrected chi connectivity index (χ0v) is 20.7. The summed E-state index contributed by atoms with van der Waals surface area (Å²) in [4.78, 5) is 32.9. The molecule has 2 aromatic heterocycles. The van der Waals surface area contributed by atoms with Crippen molar-refractivity contribution < 1.29 is 78.2 Å². The summed E-state index contributed by atoms with van der Waals surface area (Å²) < 4.78 is 115. The second kappa shape index (κ2) is 29.0. The second-order valence-electron chi connectivity index (χ2n) is 5.03. The molecule has 0 aromatic carbocycles. The number of hydrogen-bond donors (Lipinski definition) is 1. The normalized spacial score (nSPS) is 8.97. The number of alkyl halides is 6. The van der Waals surface area contributed by atoms with Crippen LogP contribution in [0.25, 0.3) is 0 Å². The summed E-state index contributed by atoms with van der Waals surface area (Å²) in [6, 6.07) is 9.05. The van der Waals surface area contributed by atoms with Gasteiger partial charge in [-0.2, -0.15) is 32.4 Å². The maximum atomic E-state index is 12.1. The van der Waals surface area contributed by atoms with Gasteiger partial charge in [-0.1, -0.05) is 12.1 Å². The first-order valence-electron chi connectivity index (χ1n) is 8.96. The van der Waals surface area contributed by atoms with Gasteiger partial charge in [-0.05, 0) is 33.3 Å². The molecule has 20 heteroatoms. The smallest absolute Gasteiger partial charge is 0.419 e. The Hall–Kier alpha value is -3.57. The Balaban J connectivity index is -0.000000219. The molecule has 0 fully saturated rings. The highest BCUT2D eigenvalue weighted by Gasteiger charge is 2.34. The van der Waals surface area contributed by atoms with Crippen LogP contribution in [0, 0.1) is 0 Å². The molecule has 2 heterocycles. The third kappa shape index (κ3) is 30.5. The number of carboxylic acid groups (broad SMARTS) is 1. The minimum Gasteiger partial charge on any atom is -0.477 e. The van der Waals surface area contributed by atoms with Gasteiger partial charge in [0.2, 0.25) is 20.6 Å². The first-order valence-corrected chi connectivity index (χ1v) is 8.96. The lowest BCUT2D eigenvalue weighted by atomic mass is 10.3. The van der Waals surface area contributed by atoms with Crippen LogP contribution in [0.3, 0.4) is 0 Å². The number of aromatic carboxylic acids is 1. The fourth-order valence-corrected chi connectivity index (χ4v) is 1.31. The van der Waals surface area contributed by atoms with E-state index >= 15 is 0 Å². The van der Waals surface area contributed by atoms with Gasteiger partial charge in [0.15, 0.2) is 12.9 Å². The molecule has 39 heavy (non-hydrogen) atoms. The van der Waals surface area contributed by atoms with Crippen LogP contribution in [0.4, 0.5) is 44.2 Å². The molecule has 1 atom stereocenters. The van der Waals surface area contributed by atoms with Gasteiger partial charge in [-0.25, -0.2) is 37.1 Å². The molecule has 0 aliphatic carbocycles. The molecule has 0 radical (unpaired) electrons. The van der Waals surface area contributed by atoms with Crippen LogP contribution in [-0.4, -0.2) is 60.4 Å². The lowest BCUT2D eigenvalue weighted by Gasteiger charge is -2.10. The topological polar surface area (TPSA) is 117 Å². The van der Waals surface area contributed by atoms with Crippen molar-refractivity contribution in [2.24, 2.45) is 0 Å². The minimum atomic E-state index is -4.13. The number of aromatic nitrogens is 2. The van der Waals surface area contributed by atoms with Crippen molar-refractivity contribution in [2.75, 3.05) is 27.3 Å². The van der Waals surface area contributed by atoms with Crippen molar-refractivity contribution in [1.82, 2.24) is 9.97 Å². The van der Waals surface area contributed by atoms with E-state index in [1.54, 1.807) is 12.1 Å². The Morgan fingerprint density at radius 2 is 1.36 bits per heavy atom. The minimum absolute atomic E-state index is 0. The first-order chi connectivity index (χ1) is 18.0. The average molecular weight is 610 g/mol. The van der Waals surface area contributed by atoms with E-state index in [9.17, 15) is 53.8 Å². The van der Waals surface area contributed by atoms with E-state index < -0.39 is 51.4 Å². The third-order valence-corrected chi connectivity index (χ3v) is 2.52. The molecule has 0 amide bonds. The van der Waals surface area contributed by atoms with Gasteiger partial charge in [-0.3, -0.25) is 0 Å². The average Bonchev–Trinajstić information content (AvgIpc) is 2.93. The summed E-state index contributed by atoms with van der Waals surface area (Å²) in [5.41, 5.74) is -0.0651. The third-order valence-electron chi connectivity index (χ3n) is 2.52. The van der Waals surface area contributed by atoms with Crippen LogP contribution < -0.4 is 0 Å². The van der Waals surface area contributed by atoms with Crippen LogP contribution in [0.15, 0.2) is 61.1 Å². The number of rotatable bonds is 8. The van der Waals surface area contributed by atoms with Crippen LogP contribution >= 0.6 is 9.90 Å². The SMILES string of the molecule is FCF.FCOC=C(F)F.FCOF.O=C(O)c1ccccn1.O=C(OCC(F)(F)OF)c1ccccn1.P. The van der Waals surface area contributed by atoms with E-state index in [-0.39, 0.29) is 27.5 Å². The van der Waals surface area contributed by atoms with E-state index in [1.807, 2.05) is 0 Å². The number of carbonyl (C=O) groups excluding carboxylic acids is 1. The molecule has 0 saturated heterocycles. The van der Waals surface area contributed by atoms with Gasteiger partial charge in [-0.15, -0.1) is 4.94 Å². The molecule has 0 saturated carbocycles. The molecule has 9 nitrogen and oxygen atoms in total. The maximum Gasteiger partial charge on any atom is 0.419 e. The molecule has 1 N–H and O–H groups in total. The highest BCUT2D eigenvalue weighted by Crippen LogP contribution is 2.16. The fraction of sp³-hybridized carbons (Fsp3) is 0.263. The number of esters is 1. The van der Waals surface area contributed by atoms with Gasteiger partial charge in [0.25, 0.3) is 0 Å². The number of ether oxygens (including phenoxy) is 2. The van der Waals surface area contributed by atoms with Gasteiger partial charge in [0.05, 0.1) is 0 Å². The maximum absolute atomic E-state index is 12.1. The van der Waals surface area contributed by atoms with Crippen molar-refractivity contribution in [1.29, 1.82) is 0 Å². The van der Waals surface area contributed by atoms with Gasteiger partial charge in [0.1, 0.15) is 11.4 Å². The summed E-state index contributed by atoms with van der Waals surface area (Å²) in [5.74, 6) is -2.07. The van der Waals surface area contributed by atoms with E-state index in [1.165, 1.54) is 36.7 Å². The zero-order chi connectivity index (χ0) is 29.8. The van der Waals surface area contributed by atoms with Gasteiger partial charge < -0.3 is 14.6 Å². The number of halogens is 10. The Labute approximate surface area is 216 Å². The standard InChI is InChI=1S/C8H6F3NO3.C6H5NO2.C3H3F3O.CH2F2O.CH2F2.H3P/c9-8(10,15-11)5-14-7(13)6-3-1-2-4-12-6;8-6(9)5-3-1-2-4-7-5;4-2-7-1-3(5)6;2-1-4-3;2-1-3;/h1-4H,5H2;1-4H,(H,8,9);1H,2H2;1H2;1H2;1H3. The van der Waals surface area contributed by atoms with Crippen molar-refractivity contribution in [3.8, 4) is 0 Å². The number of hydrogen-bond acceptors (Lipinski definition) is 8. The molecule has 0 bridgehead atoms. The molecule has 2 rings (SSSR count). The number of nitrogens with zero attached hydrogens (tertiary/aromatic N) is 2. The van der Waals surface area contributed by atoms with Crippen LogP contribution in [0.1, 0.15) is 21.0 Å². The predicted octanol–water partition coefficient (Wildman–Crippen LogP) is 5.94. The van der Waals surface area contributed by atoms with E-state index in [2.05, 4.69) is 29.3 Å². The summed E-state index contributed by atoms with van der Waals surface area (Å²) in [6.45, 7) is -5.81. The van der Waals surface area contributed by atoms with Crippen LogP contribution in [0.2, 0.25) is 0 Å². The zero-order valence-electron chi connectivity index (χ0n) is 19.3. The number of carboxylic acids is 1. The summed E-state index contributed by atoms with van der Waals surface area (Å²) in [5, 5.41) is 8.32. The highest BCUT2D eigenvalue weighted by atomic mass is 31.0. The highest BCUT2D eigenvalue weighted by molar-refractivity contribution is 6.92. The summed E-state index contributed by atoms with van der Waals surface area (Å²) in [7, 11) is 0. The van der Waals surface area contributed by atoms with Crippen molar-refractivity contribution in [2.45, 2.75) is 6.11 Å². The lowest BCUT2D eigenvalue weighted by Crippen LogP contribution is -2.26. The molecule has 224 valence electrons. The molecule has 0 aliphatic rings. The Morgan fingerprint density at radius 1 is 0.897 bits per heavy atom. The predicted molar refractivity (Wildman–Crippen MR) is 117 cm³/mol. The quantitative estimate of drug-likeness (QED) is 0.168. The van der Waals surface area contributed by atoms with Crippen molar-refractivity contribution >= 4 is 21.8 Å². The molecular formula is C19H21F10N2O7P. The van der Waals surface area contributed by atoms with Crippen LogP contribution in [-0.2, 0) is 19.4 Å². The van der Waals surface area contributed by atoms with Gasteiger partial charge >= 0.3 is 24.1 Å². The van der Waals surface area contributed by atoms with Crippen molar-refractivity contribution in [3.63, 3.8) is 0 Å². The van der Waals surface area contributed by atoms with Gasteiger partial charge in [0, 0.05) is 12.4 Å². The fourth-order valence-electron chi connectivity index (χ4n) is 1.31. The monoisotopic (exact) mass is 610 g/mol. The first kappa shape index (κ1) is 42.5. The summed E-state index contributed by atoms with van der Waals surface area (Å²) >= 11 is 0. The Bertz CT molecular complexity index is 870. The molecule has 0 spiro atoms. The van der Waals surface area contributed by atoms with E-state index in [4.69, 9.17) is 5.11 Å². The molecule has 2 aromatic rings. The number of carbonyl (C=O) groups is 2. The second-order valence-corrected chi connectivity index (χ2v) is 5.03. The lowest BCUT2D eigenvalue weighted by molar-refractivity contribution is -0.363. The Morgan fingerprint density at radius 3 is 1.62 bits per heavy atom. The Kier molecular flexibility index (Phi) is 31.6. The van der Waals surface area contributed by atoms with Crippen molar-refractivity contribution in [3.05, 3.63) is 72.5 Å². The molecule has 1 unspecified atom stereocenters. The molecule has 0 aliphatic heterocycles. The number of pyridine rings is 2. The van der Waals surface area contributed by atoms with E-state index in [0.717, 1.165) is 0 Å². The largest absolute Gasteiger partial charge is 0.477 e. The summed E-state index contributed by atoms with van der Waals surface area (Å²) in [6.07, 6.45) is -3.37. The van der Waals surface area contributed by atoms with E-state index in [0.29, 0.717) is 0 Å².